The molecule has 2 heterocycles. The summed E-state index contributed by atoms with van der Waals surface area (Å²) >= 11 is 0. The first kappa shape index (κ1) is 20.4. The lowest BCUT2D eigenvalue weighted by molar-refractivity contribution is -0.150. The van der Waals surface area contributed by atoms with Crippen LogP contribution in [0.15, 0.2) is 6.07 Å². The van der Waals surface area contributed by atoms with Crippen LogP contribution in [0.3, 0.4) is 0 Å². The predicted octanol–water partition coefficient (Wildman–Crippen LogP) is 3.62. The molecule has 1 aromatic rings. The van der Waals surface area contributed by atoms with Gasteiger partial charge in [0.15, 0.2) is 0 Å². The zero-order valence-electron chi connectivity index (χ0n) is 17.4. The minimum atomic E-state index is -0.603. The zero-order chi connectivity index (χ0) is 20.5. The number of H-pyrrole nitrogens is 1. The van der Waals surface area contributed by atoms with Crippen LogP contribution in [-0.4, -0.2) is 41.0 Å². The Hall–Kier alpha value is -2.29. The Balaban J connectivity index is 1.97. The molecule has 2 aliphatic rings. The number of rotatable bonds is 3. The van der Waals surface area contributed by atoms with Gasteiger partial charge < -0.3 is 14.6 Å². The third-order valence-electron chi connectivity index (χ3n) is 5.94. The molecule has 0 saturated heterocycles. The number of nitrogens with zero attached hydrogens (tertiary/aromatic N) is 2. The summed E-state index contributed by atoms with van der Waals surface area (Å²) in [4.78, 5) is 31.2. The molecule has 1 aliphatic carbocycles. The lowest BCUT2D eigenvalue weighted by atomic mass is 9.83. The van der Waals surface area contributed by atoms with Crippen LogP contribution in [0, 0.1) is 17.2 Å². The van der Waals surface area contributed by atoms with Crippen molar-refractivity contribution < 1.29 is 14.3 Å². The molecule has 6 heteroatoms. The summed E-state index contributed by atoms with van der Waals surface area (Å²) in [5, 5.41) is 9.35. The second-order valence-corrected chi connectivity index (χ2v) is 9.10. The number of aromatic nitrogens is 1. The molecule has 28 heavy (non-hydrogen) atoms. The molecule has 1 atom stereocenters. The van der Waals surface area contributed by atoms with Gasteiger partial charge in [-0.3, -0.25) is 9.59 Å². The van der Waals surface area contributed by atoms with Crippen molar-refractivity contribution in [1.29, 1.82) is 5.26 Å². The van der Waals surface area contributed by atoms with Gasteiger partial charge in [-0.05, 0) is 38.3 Å². The average Bonchev–Trinajstić information content (AvgIpc) is 3.05. The Morgan fingerprint density at radius 3 is 2.57 bits per heavy atom. The molecule has 1 unspecified atom stereocenters. The highest BCUT2D eigenvalue weighted by atomic mass is 16.5. The van der Waals surface area contributed by atoms with E-state index in [-0.39, 0.29) is 29.3 Å². The number of carbonyl (C=O) groups is 2. The van der Waals surface area contributed by atoms with Gasteiger partial charge in [-0.25, -0.2) is 0 Å². The summed E-state index contributed by atoms with van der Waals surface area (Å²) in [7, 11) is 0. The minimum Gasteiger partial charge on any atom is -0.462 e. The molecular weight excluding hydrogens is 354 g/mol. The molecule has 0 radical (unpaired) electrons. The van der Waals surface area contributed by atoms with E-state index in [9.17, 15) is 14.9 Å². The van der Waals surface area contributed by atoms with Crippen LogP contribution in [0.4, 0.5) is 0 Å². The highest BCUT2D eigenvalue weighted by molar-refractivity contribution is 5.83. The Labute approximate surface area is 167 Å². The van der Waals surface area contributed by atoms with Crippen molar-refractivity contribution in [2.24, 2.45) is 5.92 Å². The molecule has 3 rings (SSSR count). The molecule has 6 nitrogen and oxygen atoms in total. The van der Waals surface area contributed by atoms with Crippen molar-refractivity contribution in [3.05, 3.63) is 23.0 Å². The number of hydrogen-bond acceptors (Lipinski definition) is 4. The normalized spacial score (nSPS) is 22.3. The minimum absolute atomic E-state index is 0.0532. The fourth-order valence-electron chi connectivity index (χ4n) is 4.59. The summed E-state index contributed by atoms with van der Waals surface area (Å²) in [5.74, 6) is -0.742. The summed E-state index contributed by atoms with van der Waals surface area (Å²) in [5.41, 5.74) is 1.71. The molecule has 1 amide bonds. The van der Waals surface area contributed by atoms with Gasteiger partial charge in [0, 0.05) is 30.1 Å². The monoisotopic (exact) mass is 385 g/mol. The van der Waals surface area contributed by atoms with Crippen LogP contribution < -0.4 is 0 Å². The van der Waals surface area contributed by atoms with Crippen LogP contribution >= 0.6 is 0 Å². The van der Waals surface area contributed by atoms with Crippen molar-refractivity contribution >= 4 is 11.9 Å². The van der Waals surface area contributed by atoms with Crippen LogP contribution in [0.1, 0.15) is 82.7 Å². The maximum atomic E-state index is 13.3. The van der Waals surface area contributed by atoms with Gasteiger partial charge in [0.2, 0.25) is 5.91 Å². The average molecular weight is 386 g/mol. The number of aromatic amines is 1. The third kappa shape index (κ3) is 4.09. The largest absolute Gasteiger partial charge is 0.462 e. The molecule has 0 aromatic carbocycles. The second-order valence-electron chi connectivity index (χ2n) is 9.10. The molecule has 152 valence electrons. The van der Waals surface area contributed by atoms with E-state index in [1.54, 1.807) is 0 Å². The third-order valence-corrected chi connectivity index (χ3v) is 5.94. The maximum absolute atomic E-state index is 13.3. The molecular formula is C22H31N3O3. The summed E-state index contributed by atoms with van der Waals surface area (Å²) in [6, 6.07) is 3.96. The van der Waals surface area contributed by atoms with Gasteiger partial charge in [-0.2, -0.15) is 5.26 Å². The van der Waals surface area contributed by atoms with Crippen molar-refractivity contribution in [1.82, 2.24) is 9.88 Å². The molecule has 1 saturated carbocycles. The van der Waals surface area contributed by atoms with Gasteiger partial charge in [0.1, 0.15) is 17.7 Å². The number of esters is 1. The highest BCUT2D eigenvalue weighted by Gasteiger charge is 2.42. The van der Waals surface area contributed by atoms with E-state index in [4.69, 9.17) is 4.74 Å². The van der Waals surface area contributed by atoms with Crippen molar-refractivity contribution in [2.75, 3.05) is 13.1 Å². The van der Waals surface area contributed by atoms with E-state index < -0.39 is 5.92 Å². The lowest BCUT2D eigenvalue weighted by Gasteiger charge is -2.34. The van der Waals surface area contributed by atoms with Crippen molar-refractivity contribution in [3.63, 3.8) is 0 Å². The molecule has 1 aliphatic heterocycles. The van der Waals surface area contributed by atoms with Crippen molar-refractivity contribution in [2.45, 2.75) is 77.2 Å². The molecule has 0 spiro atoms. The Bertz CT molecular complexity index is 781. The van der Waals surface area contributed by atoms with E-state index >= 15 is 0 Å². The van der Waals surface area contributed by atoms with Crippen LogP contribution in [0.5, 0.6) is 0 Å². The van der Waals surface area contributed by atoms with E-state index in [1.807, 2.05) is 24.8 Å². The van der Waals surface area contributed by atoms with Gasteiger partial charge in [-0.15, -0.1) is 0 Å². The quantitative estimate of drug-likeness (QED) is 0.805. The van der Waals surface area contributed by atoms with E-state index in [1.165, 1.54) is 6.42 Å². The number of nitrogens with one attached hydrogen (secondary N) is 1. The van der Waals surface area contributed by atoms with Gasteiger partial charge in [0.05, 0.1) is 6.10 Å². The van der Waals surface area contributed by atoms with E-state index in [2.05, 4.69) is 24.9 Å². The Morgan fingerprint density at radius 2 is 1.96 bits per heavy atom. The fraction of sp³-hybridized carbons (Fsp3) is 0.682. The summed E-state index contributed by atoms with van der Waals surface area (Å²) in [6.45, 7) is 8.60. The van der Waals surface area contributed by atoms with Crippen LogP contribution in [-0.2, 0) is 19.7 Å². The standard InChI is InChI=1S/C22H31N3O3/c1-14(2)28-21(27)17-12-25(20(26)15-8-6-5-7-9-15)13-22(3,4)18-10-16(11-23)24-19(17)18/h10,14-15,17,24H,5-9,12-13H2,1-4H3. The predicted molar refractivity (Wildman–Crippen MR) is 106 cm³/mol. The first-order valence-electron chi connectivity index (χ1n) is 10.4. The highest BCUT2D eigenvalue weighted by Crippen LogP contribution is 2.38. The van der Waals surface area contributed by atoms with Crippen molar-refractivity contribution in [3.8, 4) is 6.07 Å². The maximum Gasteiger partial charge on any atom is 0.317 e. The number of ether oxygens (including phenoxy) is 1. The van der Waals surface area contributed by atoms with E-state index in [0.717, 1.165) is 31.2 Å². The van der Waals surface area contributed by atoms with Gasteiger partial charge in [0.25, 0.3) is 0 Å². The number of fused-ring (bicyclic) bond motifs is 1. The van der Waals surface area contributed by atoms with Crippen LogP contribution in [0.2, 0.25) is 0 Å². The first-order chi connectivity index (χ1) is 13.2. The molecule has 1 aromatic heterocycles. The SMILES string of the molecule is CC(C)OC(=O)C1CN(C(=O)C2CCCCC2)CC(C)(C)c2cc(C#N)[nH]c21. The topological polar surface area (TPSA) is 86.2 Å². The molecule has 1 fully saturated rings. The number of nitriles is 1. The lowest BCUT2D eigenvalue weighted by Crippen LogP contribution is -2.44. The smallest absolute Gasteiger partial charge is 0.317 e. The molecule has 0 bridgehead atoms. The van der Waals surface area contributed by atoms with E-state index in [0.29, 0.717) is 24.5 Å². The summed E-state index contributed by atoms with van der Waals surface area (Å²) < 4.78 is 5.51. The Kier molecular flexibility index (Phi) is 5.83. The number of carbonyl (C=O) groups excluding carboxylic acids is 2. The second kappa shape index (κ2) is 7.98. The number of hydrogen-bond donors (Lipinski definition) is 1. The first-order valence-corrected chi connectivity index (χ1v) is 10.4. The van der Waals surface area contributed by atoms with Gasteiger partial charge >= 0.3 is 5.97 Å². The van der Waals surface area contributed by atoms with Gasteiger partial charge in [-0.1, -0.05) is 33.1 Å². The summed E-state index contributed by atoms with van der Waals surface area (Å²) in [6.07, 6.45) is 5.01. The Morgan fingerprint density at radius 1 is 1.29 bits per heavy atom. The zero-order valence-corrected chi connectivity index (χ0v) is 17.4. The fourth-order valence-corrected chi connectivity index (χ4v) is 4.59. The number of amides is 1. The van der Waals surface area contributed by atoms with Crippen LogP contribution in [0.25, 0.3) is 0 Å². The molecule has 1 N–H and O–H groups in total.